The quantitative estimate of drug-likeness (QED) is 0.861. The lowest BCUT2D eigenvalue weighted by atomic mass is 9.97. The number of fused-ring (bicyclic) bond motifs is 3. The second-order valence-electron chi connectivity index (χ2n) is 8.06. The molecular formula is C21H26N2O4. The van der Waals surface area contributed by atoms with Gasteiger partial charge in [-0.2, -0.15) is 0 Å². The number of aliphatic carboxylic acids is 1. The summed E-state index contributed by atoms with van der Waals surface area (Å²) in [6.45, 7) is 1.68. The van der Waals surface area contributed by atoms with Crippen LogP contribution in [-0.2, 0) is 20.8 Å². The second kappa shape index (κ2) is 6.98. The Kier molecular flexibility index (Phi) is 4.66. The molecule has 3 fully saturated rings. The Morgan fingerprint density at radius 1 is 1.19 bits per heavy atom. The molecule has 0 radical (unpaired) electrons. The summed E-state index contributed by atoms with van der Waals surface area (Å²) >= 11 is 0. The lowest BCUT2D eigenvalue weighted by Crippen LogP contribution is -2.66. The van der Waals surface area contributed by atoms with Crippen molar-refractivity contribution in [3.8, 4) is 0 Å². The summed E-state index contributed by atoms with van der Waals surface area (Å²) in [6.07, 6.45) is 4.67. The van der Waals surface area contributed by atoms with Crippen LogP contribution < -0.4 is 0 Å². The van der Waals surface area contributed by atoms with Crippen LogP contribution in [0.15, 0.2) is 30.3 Å². The molecule has 1 saturated carbocycles. The second-order valence-corrected chi connectivity index (χ2v) is 8.06. The minimum Gasteiger partial charge on any atom is -0.480 e. The van der Waals surface area contributed by atoms with Crippen molar-refractivity contribution in [1.82, 2.24) is 9.80 Å². The smallest absolute Gasteiger partial charge is 0.326 e. The van der Waals surface area contributed by atoms with Crippen molar-refractivity contribution in [3.63, 3.8) is 0 Å². The lowest BCUT2D eigenvalue weighted by molar-refractivity contribution is -0.168. The minimum absolute atomic E-state index is 0.0834. The highest BCUT2D eigenvalue weighted by atomic mass is 16.4. The fourth-order valence-corrected chi connectivity index (χ4v) is 5.28. The van der Waals surface area contributed by atoms with E-state index < -0.39 is 24.1 Å². The maximum Gasteiger partial charge on any atom is 0.326 e. The number of nitrogens with zero attached hydrogens (tertiary/aromatic N) is 2. The van der Waals surface area contributed by atoms with E-state index in [1.807, 2.05) is 30.3 Å². The van der Waals surface area contributed by atoms with Crippen molar-refractivity contribution >= 4 is 17.8 Å². The van der Waals surface area contributed by atoms with Crippen LogP contribution in [0.25, 0.3) is 0 Å². The molecule has 1 aromatic rings. The molecule has 0 spiro atoms. The lowest BCUT2D eigenvalue weighted by Gasteiger charge is -2.45. The highest BCUT2D eigenvalue weighted by Crippen LogP contribution is 2.44. The van der Waals surface area contributed by atoms with Crippen LogP contribution in [0.4, 0.5) is 0 Å². The van der Waals surface area contributed by atoms with Crippen LogP contribution in [0.3, 0.4) is 0 Å². The van der Waals surface area contributed by atoms with Crippen molar-refractivity contribution in [3.05, 3.63) is 35.9 Å². The molecule has 4 rings (SSSR count). The third-order valence-electron chi connectivity index (χ3n) is 6.58. The largest absolute Gasteiger partial charge is 0.480 e. The number of carboxylic acids is 1. The Balaban J connectivity index is 1.56. The SMILES string of the molecule is C[C@H]1C(=O)N2C(C[C@@H]3CCC[C@@H]32)C(=O)N1C(CCc1ccccc1)C(=O)O. The van der Waals surface area contributed by atoms with Gasteiger partial charge in [-0.15, -0.1) is 0 Å². The van der Waals surface area contributed by atoms with E-state index in [0.29, 0.717) is 25.2 Å². The van der Waals surface area contributed by atoms with Gasteiger partial charge in [-0.3, -0.25) is 9.59 Å². The zero-order valence-corrected chi connectivity index (χ0v) is 15.6. The van der Waals surface area contributed by atoms with E-state index in [9.17, 15) is 19.5 Å². The van der Waals surface area contributed by atoms with Gasteiger partial charge in [-0.05, 0) is 50.5 Å². The van der Waals surface area contributed by atoms with Crippen LogP contribution >= 0.6 is 0 Å². The normalized spacial score (nSPS) is 31.0. The van der Waals surface area contributed by atoms with Gasteiger partial charge in [0.15, 0.2) is 0 Å². The van der Waals surface area contributed by atoms with E-state index in [-0.39, 0.29) is 17.9 Å². The first-order valence-electron chi connectivity index (χ1n) is 9.90. The van der Waals surface area contributed by atoms with Crippen molar-refractivity contribution in [2.75, 3.05) is 0 Å². The van der Waals surface area contributed by atoms with E-state index in [0.717, 1.165) is 24.8 Å². The fourth-order valence-electron chi connectivity index (χ4n) is 5.28. The molecule has 2 unspecified atom stereocenters. The maximum atomic E-state index is 13.2. The highest BCUT2D eigenvalue weighted by molar-refractivity contribution is 5.99. The molecule has 0 aromatic heterocycles. The molecule has 2 heterocycles. The zero-order valence-electron chi connectivity index (χ0n) is 15.6. The van der Waals surface area contributed by atoms with Crippen LogP contribution in [0.2, 0.25) is 0 Å². The molecule has 3 aliphatic rings. The third-order valence-corrected chi connectivity index (χ3v) is 6.58. The predicted molar refractivity (Wildman–Crippen MR) is 98.9 cm³/mol. The van der Waals surface area contributed by atoms with Crippen LogP contribution in [0.5, 0.6) is 0 Å². The molecule has 6 nitrogen and oxygen atoms in total. The summed E-state index contributed by atoms with van der Waals surface area (Å²) < 4.78 is 0. The summed E-state index contributed by atoms with van der Waals surface area (Å²) in [5.41, 5.74) is 1.03. The fraction of sp³-hybridized carbons (Fsp3) is 0.571. The van der Waals surface area contributed by atoms with Gasteiger partial charge in [0.05, 0.1) is 0 Å². The van der Waals surface area contributed by atoms with Crippen LogP contribution in [0.1, 0.15) is 44.6 Å². The van der Waals surface area contributed by atoms with Gasteiger partial charge < -0.3 is 14.9 Å². The molecule has 2 aliphatic heterocycles. The zero-order chi connectivity index (χ0) is 19.1. The van der Waals surface area contributed by atoms with Gasteiger partial charge in [-0.1, -0.05) is 36.8 Å². The number of amides is 2. The van der Waals surface area contributed by atoms with Gasteiger partial charge >= 0.3 is 5.97 Å². The highest BCUT2D eigenvalue weighted by Gasteiger charge is 2.56. The van der Waals surface area contributed by atoms with Crippen molar-refractivity contribution in [2.24, 2.45) is 5.92 Å². The molecule has 6 heteroatoms. The molecule has 2 amide bonds. The first kappa shape index (κ1) is 18.0. The summed E-state index contributed by atoms with van der Waals surface area (Å²) in [4.78, 5) is 41.4. The molecule has 2 saturated heterocycles. The summed E-state index contributed by atoms with van der Waals surface area (Å²) in [7, 11) is 0. The number of piperazine rings is 1. The summed E-state index contributed by atoms with van der Waals surface area (Å²) in [6, 6.07) is 7.65. The minimum atomic E-state index is -1.04. The summed E-state index contributed by atoms with van der Waals surface area (Å²) in [5.74, 6) is -0.912. The van der Waals surface area contributed by atoms with Gasteiger partial charge in [0.1, 0.15) is 18.1 Å². The van der Waals surface area contributed by atoms with Gasteiger partial charge in [0.2, 0.25) is 11.8 Å². The average Bonchev–Trinajstić information content (AvgIpc) is 3.24. The predicted octanol–water partition coefficient (Wildman–Crippen LogP) is 2.07. The molecule has 1 N–H and O–H groups in total. The van der Waals surface area contributed by atoms with Crippen LogP contribution in [0, 0.1) is 5.92 Å². The third kappa shape index (κ3) is 3.01. The number of benzene rings is 1. The standard InChI is InChI=1S/C21H26N2O4/c1-13-19(24)23-16-9-5-8-15(16)12-18(23)20(25)22(13)17(21(26)27)11-10-14-6-3-2-4-7-14/h2-4,6-7,13,15-18H,5,8-12H2,1H3,(H,26,27)/t13-,15-,16-,17?,18?/m0/s1. The first-order valence-corrected chi connectivity index (χ1v) is 9.90. The monoisotopic (exact) mass is 370 g/mol. The van der Waals surface area contributed by atoms with E-state index >= 15 is 0 Å². The molecular weight excluding hydrogens is 344 g/mol. The number of rotatable bonds is 5. The number of hydrogen-bond donors (Lipinski definition) is 1. The Hall–Kier alpha value is -2.37. The Bertz CT molecular complexity index is 750. The number of carboxylic acid groups (broad SMARTS) is 1. The Labute approximate surface area is 159 Å². The van der Waals surface area contributed by atoms with Crippen LogP contribution in [-0.4, -0.2) is 56.9 Å². The average molecular weight is 370 g/mol. The molecule has 27 heavy (non-hydrogen) atoms. The van der Waals surface area contributed by atoms with Gasteiger partial charge in [0, 0.05) is 6.04 Å². The maximum absolute atomic E-state index is 13.2. The number of carbonyl (C=O) groups is 3. The van der Waals surface area contributed by atoms with E-state index in [4.69, 9.17) is 0 Å². The number of aryl methyl sites for hydroxylation is 1. The molecule has 144 valence electrons. The molecule has 1 aromatic carbocycles. The molecule has 0 bridgehead atoms. The molecule has 1 aliphatic carbocycles. The van der Waals surface area contributed by atoms with E-state index in [2.05, 4.69) is 0 Å². The number of carbonyl (C=O) groups excluding carboxylic acids is 2. The van der Waals surface area contributed by atoms with Gasteiger partial charge in [-0.25, -0.2) is 4.79 Å². The van der Waals surface area contributed by atoms with E-state index in [1.165, 1.54) is 4.90 Å². The van der Waals surface area contributed by atoms with Crippen molar-refractivity contribution < 1.29 is 19.5 Å². The number of hydrogen-bond acceptors (Lipinski definition) is 3. The Morgan fingerprint density at radius 2 is 1.93 bits per heavy atom. The summed E-state index contributed by atoms with van der Waals surface area (Å²) in [5, 5.41) is 9.81. The first-order chi connectivity index (χ1) is 13.0. The van der Waals surface area contributed by atoms with Crippen molar-refractivity contribution in [2.45, 2.75) is 69.6 Å². The topological polar surface area (TPSA) is 77.9 Å². The van der Waals surface area contributed by atoms with Crippen molar-refractivity contribution in [1.29, 1.82) is 0 Å². The Morgan fingerprint density at radius 3 is 2.63 bits per heavy atom. The van der Waals surface area contributed by atoms with Gasteiger partial charge in [0.25, 0.3) is 0 Å². The van der Waals surface area contributed by atoms with E-state index in [1.54, 1.807) is 11.8 Å². The molecule has 5 atom stereocenters.